The Morgan fingerprint density at radius 2 is 1.72 bits per heavy atom. The Labute approximate surface area is 230 Å². The molecule has 0 aliphatic heterocycles. The summed E-state index contributed by atoms with van der Waals surface area (Å²) in [4.78, 5) is 30.8. The molecule has 0 spiro atoms. The minimum absolute atomic E-state index is 0.113. The first-order chi connectivity index (χ1) is 18.7. The van der Waals surface area contributed by atoms with Crippen molar-refractivity contribution < 1.29 is 14.3 Å². The van der Waals surface area contributed by atoms with E-state index in [0.29, 0.717) is 12.4 Å². The Bertz CT molecular complexity index is 1240. The maximum absolute atomic E-state index is 13.9. The van der Waals surface area contributed by atoms with Crippen molar-refractivity contribution in [2.75, 3.05) is 6.61 Å². The number of hydrogen-bond acceptors (Lipinski definition) is 6. The molecule has 0 radical (unpaired) electrons. The summed E-state index contributed by atoms with van der Waals surface area (Å²) < 4.78 is 5.61. The fourth-order valence-corrected chi connectivity index (χ4v) is 5.09. The summed E-state index contributed by atoms with van der Waals surface area (Å²) in [5, 5.41) is 16.0. The van der Waals surface area contributed by atoms with Crippen LogP contribution in [-0.2, 0) is 16.1 Å². The van der Waals surface area contributed by atoms with Crippen molar-refractivity contribution in [3.8, 4) is 17.1 Å². The van der Waals surface area contributed by atoms with Crippen LogP contribution in [0.15, 0.2) is 48.5 Å². The first kappa shape index (κ1) is 28.3. The van der Waals surface area contributed by atoms with Gasteiger partial charge in [-0.1, -0.05) is 61.2 Å². The van der Waals surface area contributed by atoms with Crippen LogP contribution in [0.3, 0.4) is 0 Å². The fraction of sp³-hybridized carbons (Fsp3) is 0.500. The zero-order valence-corrected chi connectivity index (χ0v) is 23.7. The lowest BCUT2D eigenvalue weighted by Gasteiger charge is -2.41. The van der Waals surface area contributed by atoms with Crippen LogP contribution < -0.4 is 10.1 Å². The number of aromatic nitrogens is 4. The summed E-state index contributed by atoms with van der Waals surface area (Å²) in [6.45, 7) is 10.2. The zero-order chi connectivity index (χ0) is 28.0. The molecule has 1 heterocycles. The van der Waals surface area contributed by atoms with Gasteiger partial charge >= 0.3 is 0 Å². The van der Waals surface area contributed by atoms with E-state index in [2.05, 4.69) is 20.7 Å². The molecule has 39 heavy (non-hydrogen) atoms. The van der Waals surface area contributed by atoms with Crippen LogP contribution in [0.5, 0.6) is 5.75 Å². The van der Waals surface area contributed by atoms with Crippen LogP contribution in [-0.4, -0.2) is 55.1 Å². The van der Waals surface area contributed by atoms with E-state index in [1.165, 1.54) is 11.2 Å². The fourth-order valence-electron chi connectivity index (χ4n) is 5.09. The van der Waals surface area contributed by atoms with E-state index in [1.807, 2.05) is 83.1 Å². The van der Waals surface area contributed by atoms with Crippen molar-refractivity contribution in [3.05, 3.63) is 59.7 Å². The van der Waals surface area contributed by atoms with Crippen LogP contribution in [0.1, 0.15) is 77.0 Å². The number of nitrogens with zero attached hydrogens (tertiary/aromatic N) is 5. The Hall–Kier alpha value is -3.75. The van der Waals surface area contributed by atoms with Gasteiger partial charge in [-0.05, 0) is 70.4 Å². The molecule has 1 fully saturated rings. The highest BCUT2D eigenvalue weighted by atomic mass is 16.5. The predicted molar refractivity (Wildman–Crippen MR) is 150 cm³/mol. The summed E-state index contributed by atoms with van der Waals surface area (Å²) in [6, 6.07) is 14.5. The number of ether oxygens (including phenoxy) is 1. The average molecular weight is 533 g/mol. The van der Waals surface area contributed by atoms with Gasteiger partial charge in [0.2, 0.25) is 17.6 Å². The summed E-state index contributed by atoms with van der Waals surface area (Å²) in [5.41, 5.74) is 2.02. The summed E-state index contributed by atoms with van der Waals surface area (Å²) in [5.74, 6) is 0.717. The molecule has 1 aromatic heterocycles. The summed E-state index contributed by atoms with van der Waals surface area (Å²) in [7, 11) is 0. The van der Waals surface area contributed by atoms with Crippen molar-refractivity contribution in [3.63, 3.8) is 0 Å². The molecule has 1 atom stereocenters. The van der Waals surface area contributed by atoms with Crippen molar-refractivity contribution in [1.82, 2.24) is 30.4 Å². The van der Waals surface area contributed by atoms with Crippen molar-refractivity contribution >= 4 is 11.8 Å². The Balaban J connectivity index is 1.63. The highest BCUT2D eigenvalue weighted by Crippen LogP contribution is 2.31. The first-order valence-electron chi connectivity index (χ1n) is 13.9. The maximum Gasteiger partial charge on any atom is 0.247 e. The van der Waals surface area contributed by atoms with Gasteiger partial charge in [-0.15, -0.1) is 10.2 Å². The smallest absolute Gasteiger partial charge is 0.247 e. The zero-order valence-electron chi connectivity index (χ0n) is 23.7. The standard InChI is InChI=1S/C30H40N6O3/c1-6-39-25-18-16-22(17-19-25)27(29(38)31-24-10-8-7-9-11-24)36(30(3,4)5)26(37)20-35-33-28(32-34-35)23-14-12-21(2)13-15-23/h12-19,24,27H,6-11,20H2,1-5H3,(H,31,38)/t27-/m1/s1. The molecule has 3 aromatic rings. The van der Waals surface area contributed by atoms with Gasteiger partial charge < -0.3 is 15.0 Å². The molecule has 1 aliphatic rings. The van der Waals surface area contributed by atoms with E-state index >= 15 is 0 Å². The average Bonchev–Trinajstić information content (AvgIpc) is 3.36. The van der Waals surface area contributed by atoms with E-state index < -0.39 is 11.6 Å². The lowest BCUT2D eigenvalue weighted by molar-refractivity contribution is -0.148. The van der Waals surface area contributed by atoms with Gasteiger partial charge in [0.1, 0.15) is 18.3 Å². The van der Waals surface area contributed by atoms with Gasteiger partial charge in [-0.3, -0.25) is 9.59 Å². The highest BCUT2D eigenvalue weighted by molar-refractivity contribution is 5.89. The van der Waals surface area contributed by atoms with Gasteiger partial charge in [0.25, 0.3) is 0 Å². The molecule has 0 unspecified atom stereocenters. The number of nitrogens with one attached hydrogen (secondary N) is 1. The van der Waals surface area contributed by atoms with Gasteiger partial charge in [0, 0.05) is 17.1 Å². The number of benzene rings is 2. The quantitative estimate of drug-likeness (QED) is 0.422. The topological polar surface area (TPSA) is 102 Å². The number of aryl methyl sites for hydroxylation is 1. The Kier molecular flexibility index (Phi) is 8.99. The van der Waals surface area contributed by atoms with Crippen molar-refractivity contribution in [1.29, 1.82) is 0 Å². The molecule has 0 saturated heterocycles. The third-order valence-corrected chi connectivity index (χ3v) is 7.00. The van der Waals surface area contributed by atoms with Gasteiger partial charge in [-0.25, -0.2) is 0 Å². The van der Waals surface area contributed by atoms with Crippen LogP contribution in [0.2, 0.25) is 0 Å². The van der Waals surface area contributed by atoms with Crippen LogP contribution in [0, 0.1) is 6.92 Å². The second kappa shape index (κ2) is 12.4. The van der Waals surface area contributed by atoms with Crippen LogP contribution in [0.4, 0.5) is 0 Å². The second-order valence-electron chi connectivity index (χ2n) is 11.2. The number of carbonyl (C=O) groups excluding carboxylic acids is 2. The second-order valence-corrected chi connectivity index (χ2v) is 11.2. The lowest BCUT2D eigenvalue weighted by Crippen LogP contribution is -2.54. The van der Waals surface area contributed by atoms with Gasteiger partial charge in [0.15, 0.2) is 0 Å². The molecule has 2 amide bonds. The number of amides is 2. The van der Waals surface area contributed by atoms with E-state index in [1.54, 1.807) is 4.90 Å². The molecule has 1 N–H and O–H groups in total. The molecular weight excluding hydrogens is 492 g/mol. The monoisotopic (exact) mass is 532 g/mol. The maximum atomic E-state index is 13.9. The summed E-state index contributed by atoms with van der Waals surface area (Å²) >= 11 is 0. The third kappa shape index (κ3) is 7.22. The molecule has 9 heteroatoms. The highest BCUT2D eigenvalue weighted by Gasteiger charge is 2.39. The lowest BCUT2D eigenvalue weighted by atomic mass is 9.93. The van der Waals surface area contributed by atoms with E-state index in [9.17, 15) is 9.59 Å². The number of hydrogen-bond donors (Lipinski definition) is 1. The minimum Gasteiger partial charge on any atom is -0.494 e. The number of carbonyl (C=O) groups is 2. The molecule has 1 aliphatic carbocycles. The molecule has 1 saturated carbocycles. The normalized spacial score (nSPS) is 15.0. The number of rotatable bonds is 9. The van der Waals surface area contributed by atoms with Crippen LogP contribution in [0.25, 0.3) is 11.4 Å². The molecule has 4 rings (SSSR count). The van der Waals surface area contributed by atoms with Gasteiger partial charge in [0.05, 0.1) is 6.61 Å². The first-order valence-corrected chi connectivity index (χ1v) is 13.9. The molecule has 2 aromatic carbocycles. The Morgan fingerprint density at radius 1 is 1.05 bits per heavy atom. The minimum atomic E-state index is -0.824. The van der Waals surface area contributed by atoms with E-state index in [0.717, 1.165) is 48.1 Å². The van der Waals surface area contributed by atoms with Gasteiger partial charge in [-0.2, -0.15) is 4.80 Å². The summed E-state index contributed by atoms with van der Waals surface area (Å²) in [6.07, 6.45) is 5.30. The van der Waals surface area contributed by atoms with E-state index in [-0.39, 0.29) is 24.4 Å². The SMILES string of the molecule is CCOc1ccc([C@H](C(=O)NC2CCCCC2)N(C(=O)Cn2nnc(-c3ccc(C)cc3)n2)C(C)(C)C)cc1. The molecule has 0 bridgehead atoms. The van der Waals surface area contributed by atoms with Crippen molar-refractivity contribution in [2.45, 2.75) is 90.9 Å². The third-order valence-electron chi connectivity index (χ3n) is 7.00. The van der Waals surface area contributed by atoms with E-state index in [4.69, 9.17) is 4.74 Å². The van der Waals surface area contributed by atoms with Crippen LogP contribution >= 0.6 is 0 Å². The molecule has 208 valence electrons. The number of tetrazole rings is 1. The molecule has 9 nitrogen and oxygen atoms in total. The molecular formula is C30H40N6O3. The largest absolute Gasteiger partial charge is 0.494 e. The predicted octanol–water partition coefficient (Wildman–Crippen LogP) is 4.86. The van der Waals surface area contributed by atoms with Crippen molar-refractivity contribution in [2.24, 2.45) is 0 Å². The Morgan fingerprint density at radius 3 is 2.33 bits per heavy atom.